The van der Waals surface area contributed by atoms with Gasteiger partial charge in [0.2, 0.25) is 0 Å². The topological polar surface area (TPSA) is 40.5 Å². The number of hydrogen-bond donors (Lipinski definition) is 1. The molecule has 3 heteroatoms. The van der Waals surface area contributed by atoms with Crippen LogP contribution >= 0.6 is 0 Å². The van der Waals surface area contributed by atoms with Gasteiger partial charge in [-0.15, -0.1) is 0 Å². The van der Waals surface area contributed by atoms with Gasteiger partial charge < -0.3 is 5.11 Å². The van der Waals surface area contributed by atoms with Crippen molar-refractivity contribution in [3.63, 3.8) is 0 Å². The predicted molar refractivity (Wildman–Crippen MR) is 70.1 cm³/mol. The lowest BCUT2D eigenvalue weighted by molar-refractivity contribution is -0.144. The fraction of sp³-hybridized carbons (Fsp3) is 0.929. The zero-order valence-electron chi connectivity index (χ0n) is 11.7. The molecule has 100 valence electrons. The monoisotopic (exact) mass is 241 g/mol. The highest BCUT2D eigenvalue weighted by molar-refractivity contribution is 5.73. The fourth-order valence-corrected chi connectivity index (χ4v) is 2.81. The molecule has 1 saturated heterocycles. The van der Waals surface area contributed by atoms with Gasteiger partial charge in [0.25, 0.3) is 0 Å². The molecule has 1 unspecified atom stereocenters. The molecule has 1 heterocycles. The third-order valence-corrected chi connectivity index (χ3v) is 4.04. The first kappa shape index (κ1) is 14.5. The molecule has 0 amide bonds. The lowest BCUT2D eigenvalue weighted by atomic mass is 9.75. The van der Waals surface area contributed by atoms with Gasteiger partial charge in [0.05, 0.1) is 0 Å². The van der Waals surface area contributed by atoms with Crippen molar-refractivity contribution in [2.24, 2.45) is 11.3 Å². The minimum Gasteiger partial charge on any atom is -0.480 e. The molecule has 3 nitrogen and oxygen atoms in total. The highest BCUT2D eigenvalue weighted by atomic mass is 16.4. The standard InChI is InChI=1S/C14H27NO2/c1-5-6-12(13(16)17)15-9-7-11(8-10-15)14(2,3)4/h11-12H,5-10H2,1-4H3,(H,16,17). The van der Waals surface area contributed by atoms with E-state index in [1.165, 1.54) is 0 Å². The Morgan fingerprint density at radius 3 is 2.24 bits per heavy atom. The molecule has 0 radical (unpaired) electrons. The predicted octanol–water partition coefficient (Wildman–Crippen LogP) is 3.00. The van der Waals surface area contributed by atoms with Crippen LogP contribution in [0.3, 0.4) is 0 Å². The molecular formula is C14H27NO2. The lowest BCUT2D eigenvalue weighted by Gasteiger charge is -2.40. The van der Waals surface area contributed by atoms with Gasteiger partial charge in [-0.1, -0.05) is 34.1 Å². The molecule has 0 aromatic heterocycles. The average molecular weight is 241 g/mol. The van der Waals surface area contributed by atoms with E-state index >= 15 is 0 Å². The van der Waals surface area contributed by atoms with Crippen molar-refractivity contribution in [1.82, 2.24) is 4.90 Å². The number of hydrogen-bond acceptors (Lipinski definition) is 2. The molecule has 0 aliphatic carbocycles. The van der Waals surface area contributed by atoms with E-state index in [-0.39, 0.29) is 6.04 Å². The molecule has 1 aliphatic rings. The van der Waals surface area contributed by atoms with E-state index in [1.807, 2.05) is 0 Å². The fourth-order valence-electron chi connectivity index (χ4n) is 2.81. The Hall–Kier alpha value is -0.570. The number of nitrogens with zero attached hydrogens (tertiary/aromatic N) is 1. The summed E-state index contributed by atoms with van der Waals surface area (Å²) in [5.41, 5.74) is 0.357. The van der Waals surface area contributed by atoms with Gasteiger partial charge in [0, 0.05) is 0 Å². The molecule has 1 atom stereocenters. The first-order valence-electron chi connectivity index (χ1n) is 6.83. The number of rotatable bonds is 4. The minimum atomic E-state index is -0.652. The molecule has 0 aromatic carbocycles. The van der Waals surface area contributed by atoms with Crippen LogP contribution in [-0.4, -0.2) is 35.1 Å². The summed E-state index contributed by atoms with van der Waals surface area (Å²) in [5, 5.41) is 9.24. The molecule has 1 aliphatic heterocycles. The third kappa shape index (κ3) is 3.98. The highest BCUT2D eigenvalue weighted by Crippen LogP contribution is 2.34. The quantitative estimate of drug-likeness (QED) is 0.822. The summed E-state index contributed by atoms with van der Waals surface area (Å²) >= 11 is 0. The zero-order valence-corrected chi connectivity index (χ0v) is 11.7. The van der Waals surface area contributed by atoms with E-state index in [0.29, 0.717) is 5.41 Å². The largest absolute Gasteiger partial charge is 0.480 e. The van der Waals surface area contributed by atoms with Crippen molar-refractivity contribution in [2.75, 3.05) is 13.1 Å². The van der Waals surface area contributed by atoms with Crippen LogP contribution in [0.2, 0.25) is 0 Å². The van der Waals surface area contributed by atoms with E-state index in [0.717, 1.165) is 44.7 Å². The van der Waals surface area contributed by atoms with Crippen molar-refractivity contribution in [1.29, 1.82) is 0 Å². The van der Waals surface area contributed by atoms with Crippen LogP contribution in [0, 0.1) is 11.3 Å². The lowest BCUT2D eigenvalue weighted by Crippen LogP contribution is -2.47. The molecule has 0 aromatic rings. The summed E-state index contributed by atoms with van der Waals surface area (Å²) in [6.45, 7) is 10.8. The van der Waals surface area contributed by atoms with Crippen LogP contribution in [0.4, 0.5) is 0 Å². The molecule has 17 heavy (non-hydrogen) atoms. The van der Waals surface area contributed by atoms with E-state index in [1.54, 1.807) is 0 Å². The molecule has 1 fully saturated rings. The smallest absolute Gasteiger partial charge is 0.320 e. The second-order valence-electron chi connectivity index (χ2n) is 6.32. The Bertz CT molecular complexity index is 249. The molecule has 1 N–H and O–H groups in total. The van der Waals surface area contributed by atoms with Crippen LogP contribution in [0.1, 0.15) is 53.4 Å². The Kier molecular flexibility index (Phi) is 4.99. The number of carbonyl (C=O) groups is 1. The third-order valence-electron chi connectivity index (χ3n) is 4.04. The van der Waals surface area contributed by atoms with Crippen LogP contribution in [-0.2, 0) is 4.79 Å². The molecule has 0 saturated carbocycles. The van der Waals surface area contributed by atoms with Gasteiger partial charge in [0.15, 0.2) is 0 Å². The van der Waals surface area contributed by atoms with Gasteiger partial charge in [-0.25, -0.2) is 0 Å². The molecular weight excluding hydrogens is 214 g/mol. The van der Waals surface area contributed by atoms with Crippen molar-refractivity contribution < 1.29 is 9.90 Å². The number of carboxylic acids is 1. The van der Waals surface area contributed by atoms with Gasteiger partial charge in [-0.3, -0.25) is 9.69 Å². The van der Waals surface area contributed by atoms with Crippen molar-refractivity contribution in [2.45, 2.75) is 59.4 Å². The van der Waals surface area contributed by atoms with Crippen LogP contribution in [0.25, 0.3) is 0 Å². The summed E-state index contributed by atoms with van der Waals surface area (Å²) in [4.78, 5) is 13.4. The van der Waals surface area contributed by atoms with E-state index < -0.39 is 5.97 Å². The van der Waals surface area contributed by atoms with Gasteiger partial charge in [0.1, 0.15) is 6.04 Å². The van der Waals surface area contributed by atoms with Crippen molar-refractivity contribution >= 4 is 5.97 Å². The normalized spacial score (nSPS) is 21.4. The Balaban J connectivity index is 2.52. The van der Waals surface area contributed by atoms with Gasteiger partial charge in [-0.05, 0) is 43.7 Å². The van der Waals surface area contributed by atoms with E-state index in [4.69, 9.17) is 0 Å². The average Bonchev–Trinajstić information content (AvgIpc) is 2.24. The van der Waals surface area contributed by atoms with Crippen LogP contribution < -0.4 is 0 Å². The first-order valence-corrected chi connectivity index (χ1v) is 6.83. The summed E-state index contributed by atoms with van der Waals surface area (Å²) in [7, 11) is 0. The second kappa shape index (κ2) is 5.85. The van der Waals surface area contributed by atoms with Crippen molar-refractivity contribution in [3.05, 3.63) is 0 Å². The number of piperidine rings is 1. The minimum absolute atomic E-state index is 0.263. The van der Waals surface area contributed by atoms with Crippen LogP contribution in [0.15, 0.2) is 0 Å². The Morgan fingerprint density at radius 2 is 1.88 bits per heavy atom. The maximum Gasteiger partial charge on any atom is 0.320 e. The number of aliphatic carboxylic acids is 1. The van der Waals surface area contributed by atoms with Crippen molar-refractivity contribution in [3.8, 4) is 0 Å². The maximum atomic E-state index is 11.2. The number of likely N-dealkylation sites (tertiary alicyclic amines) is 1. The summed E-state index contributed by atoms with van der Waals surface area (Å²) in [5.74, 6) is 0.0795. The molecule has 1 rings (SSSR count). The van der Waals surface area contributed by atoms with E-state index in [2.05, 4.69) is 32.6 Å². The summed E-state index contributed by atoms with van der Waals surface area (Å²) in [6.07, 6.45) is 3.99. The first-order chi connectivity index (χ1) is 7.86. The zero-order chi connectivity index (χ0) is 13.1. The SMILES string of the molecule is CCCC(C(=O)O)N1CCC(C(C)(C)C)CC1. The van der Waals surface area contributed by atoms with Gasteiger partial charge >= 0.3 is 5.97 Å². The summed E-state index contributed by atoms with van der Waals surface area (Å²) in [6, 6.07) is -0.263. The Labute approximate surface area is 105 Å². The van der Waals surface area contributed by atoms with Gasteiger partial charge in [-0.2, -0.15) is 0 Å². The Morgan fingerprint density at radius 1 is 1.35 bits per heavy atom. The maximum absolute atomic E-state index is 11.2. The van der Waals surface area contributed by atoms with E-state index in [9.17, 15) is 9.90 Å². The molecule has 0 bridgehead atoms. The number of carboxylic acid groups (broad SMARTS) is 1. The highest BCUT2D eigenvalue weighted by Gasteiger charge is 2.33. The second-order valence-corrected chi connectivity index (χ2v) is 6.32. The molecule has 0 spiro atoms. The van der Waals surface area contributed by atoms with Crippen LogP contribution in [0.5, 0.6) is 0 Å². The summed E-state index contributed by atoms with van der Waals surface area (Å²) < 4.78 is 0.